The summed E-state index contributed by atoms with van der Waals surface area (Å²) in [4.78, 5) is 17.8. The van der Waals surface area contributed by atoms with E-state index in [4.69, 9.17) is 4.74 Å². The van der Waals surface area contributed by atoms with Crippen LogP contribution in [0.5, 0.6) is 0 Å². The molecule has 0 aromatic carbocycles. The molecule has 1 unspecified atom stereocenters. The van der Waals surface area contributed by atoms with Crippen LogP contribution in [0.25, 0.3) is 0 Å². The van der Waals surface area contributed by atoms with Gasteiger partial charge in [0, 0.05) is 31.9 Å². The Balaban J connectivity index is 2.19. The van der Waals surface area contributed by atoms with Gasteiger partial charge in [-0.3, -0.25) is 9.69 Å². The van der Waals surface area contributed by atoms with E-state index in [9.17, 15) is 26.4 Å². The van der Waals surface area contributed by atoms with Gasteiger partial charge in [0.15, 0.2) is 5.03 Å². The number of carbonyl (C=O) groups excluding carboxylic acids is 1. The van der Waals surface area contributed by atoms with Crippen LogP contribution in [0.2, 0.25) is 0 Å². The number of morpholine rings is 1. The molecule has 1 N–H and O–H groups in total. The number of carbonyl (C=O) groups is 1. The van der Waals surface area contributed by atoms with Gasteiger partial charge in [0.25, 0.3) is 15.7 Å². The Kier molecular flexibility index (Phi) is 6.82. The Labute approximate surface area is 155 Å². The van der Waals surface area contributed by atoms with E-state index in [2.05, 4.69) is 15.2 Å². The molecule has 0 aliphatic carbocycles. The van der Waals surface area contributed by atoms with Crippen molar-refractivity contribution in [3.05, 3.63) is 23.9 Å². The van der Waals surface area contributed by atoms with Crippen LogP contribution < -0.4 is 5.32 Å². The predicted octanol–water partition coefficient (Wildman–Crippen LogP) is 1.46. The number of amides is 1. The van der Waals surface area contributed by atoms with Crippen LogP contribution >= 0.6 is 0 Å². The van der Waals surface area contributed by atoms with Crippen molar-refractivity contribution in [3.63, 3.8) is 0 Å². The van der Waals surface area contributed by atoms with E-state index in [1.54, 1.807) is 0 Å². The number of hydrogen-bond acceptors (Lipinski definition) is 6. The molecule has 11 heteroatoms. The maximum atomic E-state index is 12.8. The van der Waals surface area contributed by atoms with Crippen LogP contribution in [0.4, 0.5) is 13.2 Å². The molecule has 0 spiro atoms. The molecule has 1 saturated heterocycles. The molecule has 1 aliphatic heterocycles. The molecule has 0 radical (unpaired) electrons. The van der Waals surface area contributed by atoms with Crippen LogP contribution in [-0.4, -0.2) is 68.6 Å². The topological polar surface area (TPSA) is 88.6 Å². The van der Waals surface area contributed by atoms with Crippen LogP contribution in [0.1, 0.15) is 24.2 Å². The molecule has 1 fully saturated rings. The first-order chi connectivity index (χ1) is 12.6. The Morgan fingerprint density at radius 2 is 1.96 bits per heavy atom. The standard InChI is InChI=1S/C16H22F3N3O4S/c1-11(2)13(22-6-8-26-9-7-22)10-21-14(23)12-4-3-5-20-15(12)27(24,25)16(17,18)19/h3-5,11,13H,6-10H2,1-2H3,(H,21,23). The van der Waals surface area contributed by atoms with Gasteiger partial charge in [-0.05, 0) is 18.1 Å². The highest BCUT2D eigenvalue weighted by Crippen LogP contribution is 2.30. The fraction of sp³-hybridized carbons (Fsp3) is 0.625. The lowest BCUT2D eigenvalue weighted by atomic mass is 10.0. The number of alkyl halides is 3. The Morgan fingerprint density at radius 1 is 1.33 bits per heavy atom. The number of hydrogen-bond donors (Lipinski definition) is 1. The zero-order chi connectivity index (χ0) is 20.2. The highest BCUT2D eigenvalue weighted by atomic mass is 32.2. The lowest BCUT2D eigenvalue weighted by Crippen LogP contribution is -2.51. The van der Waals surface area contributed by atoms with Crippen LogP contribution in [0.3, 0.4) is 0 Å². The monoisotopic (exact) mass is 409 g/mol. The number of aromatic nitrogens is 1. The minimum absolute atomic E-state index is 0.0582. The first kappa shape index (κ1) is 21.6. The zero-order valence-electron chi connectivity index (χ0n) is 15.0. The van der Waals surface area contributed by atoms with Gasteiger partial charge in [-0.15, -0.1) is 0 Å². The maximum Gasteiger partial charge on any atom is 0.503 e. The smallest absolute Gasteiger partial charge is 0.379 e. The van der Waals surface area contributed by atoms with Gasteiger partial charge in [-0.2, -0.15) is 13.2 Å². The third kappa shape index (κ3) is 4.96. The maximum absolute atomic E-state index is 12.8. The highest BCUT2D eigenvalue weighted by molar-refractivity contribution is 7.92. The van der Waals surface area contributed by atoms with Crippen molar-refractivity contribution >= 4 is 15.7 Å². The lowest BCUT2D eigenvalue weighted by Gasteiger charge is -2.36. The summed E-state index contributed by atoms with van der Waals surface area (Å²) >= 11 is 0. The molecule has 1 atom stereocenters. The third-order valence-corrected chi connectivity index (χ3v) is 5.77. The normalized spacial score (nSPS) is 17.7. The Hall–Kier alpha value is -1.72. The molecular formula is C16H22F3N3O4S. The van der Waals surface area contributed by atoms with E-state index in [0.717, 1.165) is 12.3 Å². The minimum Gasteiger partial charge on any atom is -0.379 e. The second-order valence-corrected chi connectivity index (χ2v) is 8.33. The zero-order valence-corrected chi connectivity index (χ0v) is 15.8. The summed E-state index contributed by atoms with van der Waals surface area (Å²) in [5.41, 5.74) is -6.16. The number of nitrogens with one attached hydrogen (secondary N) is 1. The lowest BCUT2D eigenvalue weighted by molar-refractivity contribution is -0.0438. The molecular weight excluding hydrogens is 387 g/mol. The fourth-order valence-electron chi connectivity index (χ4n) is 2.88. The van der Waals surface area contributed by atoms with Gasteiger partial charge in [-0.25, -0.2) is 13.4 Å². The van der Waals surface area contributed by atoms with E-state index in [1.165, 1.54) is 6.07 Å². The number of ether oxygens (including phenoxy) is 1. The molecule has 2 rings (SSSR count). The number of sulfone groups is 1. The Morgan fingerprint density at radius 3 is 2.52 bits per heavy atom. The van der Waals surface area contributed by atoms with E-state index in [-0.39, 0.29) is 18.5 Å². The van der Waals surface area contributed by atoms with Crippen LogP contribution in [0.15, 0.2) is 23.4 Å². The molecule has 152 valence electrons. The molecule has 1 aliphatic rings. The molecule has 7 nitrogen and oxygen atoms in total. The third-order valence-electron chi connectivity index (χ3n) is 4.33. The van der Waals surface area contributed by atoms with Gasteiger partial charge in [0.2, 0.25) is 0 Å². The van der Waals surface area contributed by atoms with Crippen LogP contribution in [0, 0.1) is 5.92 Å². The van der Waals surface area contributed by atoms with Crippen molar-refractivity contribution in [1.82, 2.24) is 15.2 Å². The quantitative estimate of drug-likeness (QED) is 0.765. The van der Waals surface area contributed by atoms with Crippen molar-refractivity contribution in [2.75, 3.05) is 32.8 Å². The van der Waals surface area contributed by atoms with Gasteiger partial charge >= 0.3 is 5.51 Å². The van der Waals surface area contributed by atoms with Crippen molar-refractivity contribution in [1.29, 1.82) is 0 Å². The van der Waals surface area contributed by atoms with Crippen molar-refractivity contribution in [2.45, 2.75) is 30.4 Å². The van der Waals surface area contributed by atoms with E-state index in [0.29, 0.717) is 26.3 Å². The van der Waals surface area contributed by atoms with Gasteiger partial charge in [-0.1, -0.05) is 13.8 Å². The Bertz CT molecular complexity index is 762. The summed E-state index contributed by atoms with van der Waals surface area (Å²) in [5.74, 6) is -0.750. The van der Waals surface area contributed by atoms with E-state index in [1.807, 2.05) is 13.8 Å². The van der Waals surface area contributed by atoms with Crippen molar-refractivity contribution < 1.29 is 31.1 Å². The number of halogens is 3. The number of nitrogens with zero attached hydrogens (tertiary/aromatic N) is 2. The molecule has 0 saturated carbocycles. The first-order valence-electron chi connectivity index (χ1n) is 8.42. The summed E-state index contributed by atoms with van der Waals surface area (Å²) in [6, 6.07) is 2.17. The molecule has 27 heavy (non-hydrogen) atoms. The largest absolute Gasteiger partial charge is 0.503 e. The van der Waals surface area contributed by atoms with Gasteiger partial charge in [0.1, 0.15) is 0 Å². The van der Waals surface area contributed by atoms with Crippen molar-refractivity contribution in [2.24, 2.45) is 5.92 Å². The fourth-order valence-corrected chi connectivity index (χ4v) is 3.74. The van der Waals surface area contributed by atoms with E-state index >= 15 is 0 Å². The highest BCUT2D eigenvalue weighted by Gasteiger charge is 2.49. The molecule has 1 aromatic rings. The molecule has 2 heterocycles. The minimum atomic E-state index is -5.73. The summed E-state index contributed by atoms with van der Waals surface area (Å²) < 4.78 is 67.2. The average Bonchev–Trinajstić information content (AvgIpc) is 2.61. The second kappa shape index (κ2) is 8.53. The number of rotatable bonds is 6. The summed E-state index contributed by atoms with van der Waals surface area (Å²) in [6.07, 6.45) is 0.903. The van der Waals surface area contributed by atoms with E-state index < -0.39 is 31.8 Å². The summed E-state index contributed by atoms with van der Waals surface area (Å²) in [7, 11) is -5.73. The summed E-state index contributed by atoms with van der Waals surface area (Å²) in [6.45, 7) is 6.59. The molecule has 1 amide bonds. The number of pyridine rings is 1. The molecule has 0 bridgehead atoms. The van der Waals surface area contributed by atoms with Crippen LogP contribution in [-0.2, 0) is 14.6 Å². The molecule has 1 aromatic heterocycles. The van der Waals surface area contributed by atoms with Gasteiger partial charge in [0.05, 0.1) is 18.8 Å². The SMILES string of the molecule is CC(C)C(CNC(=O)c1cccnc1S(=O)(=O)C(F)(F)F)N1CCOCC1. The first-order valence-corrected chi connectivity index (χ1v) is 9.90. The summed E-state index contributed by atoms with van der Waals surface area (Å²) in [5, 5.41) is 1.26. The predicted molar refractivity (Wildman–Crippen MR) is 90.8 cm³/mol. The average molecular weight is 409 g/mol. The second-order valence-electron chi connectivity index (χ2n) is 6.48. The van der Waals surface area contributed by atoms with Gasteiger partial charge < -0.3 is 10.1 Å². The van der Waals surface area contributed by atoms with Crippen molar-refractivity contribution in [3.8, 4) is 0 Å².